The van der Waals surface area contributed by atoms with Crippen molar-refractivity contribution in [1.82, 2.24) is 15.2 Å². The molecule has 1 fully saturated rings. The average Bonchev–Trinajstić information content (AvgIpc) is 2.66. The first-order valence-electron chi connectivity index (χ1n) is 8.48. The average molecular weight is 348 g/mol. The van der Waals surface area contributed by atoms with Crippen molar-refractivity contribution in [2.45, 2.75) is 24.8 Å². The lowest BCUT2D eigenvalue weighted by atomic mass is 9.72. The van der Waals surface area contributed by atoms with E-state index in [1.165, 1.54) is 12.1 Å². The third-order valence-electron chi connectivity index (χ3n) is 4.83. The summed E-state index contributed by atoms with van der Waals surface area (Å²) in [6, 6.07) is 13.8. The molecule has 1 saturated carbocycles. The van der Waals surface area contributed by atoms with Crippen LogP contribution in [-0.4, -0.2) is 21.5 Å². The lowest BCUT2D eigenvalue weighted by Gasteiger charge is -2.43. The van der Waals surface area contributed by atoms with Crippen molar-refractivity contribution in [3.05, 3.63) is 71.8 Å². The van der Waals surface area contributed by atoms with E-state index in [9.17, 15) is 9.18 Å². The van der Waals surface area contributed by atoms with Crippen molar-refractivity contribution in [1.29, 1.82) is 0 Å². The number of halogens is 1. The molecule has 3 aromatic rings. The maximum atomic E-state index is 13.2. The van der Waals surface area contributed by atoms with Gasteiger partial charge in [-0.15, -0.1) is 10.2 Å². The van der Waals surface area contributed by atoms with Gasteiger partial charge in [-0.1, -0.05) is 12.1 Å². The highest BCUT2D eigenvalue weighted by Crippen LogP contribution is 2.43. The molecule has 1 aliphatic carbocycles. The summed E-state index contributed by atoms with van der Waals surface area (Å²) in [6.07, 6.45) is 5.33. The Bertz CT molecular complexity index is 921. The Morgan fingerprint density at radius 2 is 1.85 bits per heavy atom. The van der Waals surface area contributed by atoms with Crippen LogP contribution in [0.4, 0.5) is 10.2 Å². The number of nitrogens with one attached hydrogen (secondary N) is 1. The highest BCUT2D eigenvalue weighted by atomic mass is 19.1. The normalized spacial score (nSPS) is 15.1. The largest absolute Gasteiger partial charge is 0.359 e. The summed E-state index contributed by atoms with van der Waals surface area (Å²) >= 11 is 0. The fourth-order valence-corrected chi connectivity index (χ4v) is 3.26. The summed E-state index contributed by atoms with van der Waals surface area (Å²) < 4.78 is 13.2. The Hall–Kier alpha value is -3.15. The van der Waals surface area contributed by atoms with Gasteiger partial charge in [-0.25, -0.2) is 4.39 Å². The van der Waals surface area contributed by atoms with Crippen molar-refractivity contribution in [3.63, 3.8) is 0 Å². The van der Waals surface area contributed by atoms with Crippen molar-refractivity contribution < 1.29 is 9.18 Å². The van der Waals surface area contributed by atoms with Crippen LogP contribution in [0.15, 0.2) is 54.7 Å². The van der Waals surface area contributed by atoms with Crippen molar-refractivity contribution in [2.24, 2.45) is 0 Å². The minimum Gasteiger partial charge on any atom is -0.359 e. The molecule has 0 saturated heterocycles. The quantitative estimate of drug-likeness (QED) is 0.706. The predicted octanol–water partition coefficient (Wildman–Crippen LogP) is 3.98. The fourth-order valence-electron chi connectivity index (χ4n) is 3.26. The lowest BCUT2D eigenvalue weighted by molar-refractivity contribution is 0.111. The first kappa shape index (κ1) is 16.3. The van der Waals surface area contributed by atoms with Gasteiger partial charge in [-0.2, -0.15) is 0 Å². The van der Waals surface area contributed by atoms with E-state index in [0.29, 0.717) is 23.5 Å². The molecule has 0 atom stereocenters. The predicted molar refractivity (Wildman–Crippen MR) is 96.2 cm³/mol. The van der Waals surface area contributed by atoms with E-state index in [1.54, 1.807) is 18.3 Å². The van der Waals surface area contributed by atoms with E-state index in [-0.39, 0.29) is 11.4 Å². The molecule has 1 N–H and O–H groups in total. The first-order valence-corrected chi connectivity index (χ1v) is 8.48. The zero-order valence-corrected chi connectivity index (χ0v) is 14.0. The topological polar surface area (TPSA) is 67.8 Å². The minimum atomic E-state index is -0.237. The van der Waals surface area contributed by atoms with Crippen molar-refractivity contribution in [3.8, 4) is 11.3 Å². The molecular formula is C20H17FN4O. The number of carbonyl (C=O) groups excluding carboxylic acids is 1. The zero-order valence-electron chi connectivity index (χ0n) is 14.0. The molecule has 1 aliphatic rings. The van der Waals surface area contributed by atoms with Gasteiger partial charge >= 0.3 is 0 Å². The molecular weight excluding hydrogens is 331 g/mol. The number of aldehydes is 1. The summed E-state index contributed by atoms with van der Waals surface area (Å²) in [5, 5.41) is 12.0. The van der Waals surface area contributed by atoms with E-state index in [2.05, 4.69) is 20.5 Å². The van der Waals surface area contributed by atoms with Gasteiger partial charge in [0.1, 0.15) is 17.3 Å². The molecule has 4 rings (SSSR count). The van der Waals surface area contributed by atoms with Gasteiger partial charge in [0.15, 0.2) is 6.29 Å². The number of carbonyl (C=O) groups is 1. The molecule has 0 bridgehead atoms. The number of nitrogens with zero attached hydrogens (tertiary/aromatic N) is 3. The van der Waals surface area contributed by atoms with Crippen LogP contribution >= 0.6 is 0 Å². The number of pyridine rings is 1. The maximum Gasteiger partial charge on any atom is 0.168 e. The SMILES string of the molecule is O=Cc1cc(-c2ccc(NC3(c4ccc(F)cc4)CCC3)nn2)ccn1. The zero-order chi connectivity index (χ0) is 18.0. The molecule has 0 amide bonds. The van der Waals surface area contributed by atoms with Crippen molar-refractivity contribution >= 4 is 12.1 Å². The molecule has 2 aromatic heterocycles. The Labute approximate surface area is 150 Å². The number of aromatic nitrogens is 3. The van der Waals surface area contributed by atoms with E-state index >= 15 is 0 Å². The highest BCUT2D eigenvalue weighted by molar-refractivity contribution is 5.75. The molecule has 130 valence electrons. The van der Waals surface area contributed by atoms with Gasteiger partial charge in [0.05, 0.1) is 11.2 Å². The first-order chi connectivity index (χ1) is 12.7. The summed E-state index contributed by atoms with van der Waals surface area (Å²) in [5.41, 5.74) is 2.66. The minimum absolute atomic E-state index is 0.217. The summed E-state index contributed by atoms with van der Waals surface area (Å²) in [7, 11) is 0. The van der Waals surface area contributed by atoms with E-state index < -0.39 is 0 Å². The van der Waals surface area contributed by atoms with Gasteiger partial charge in [-0.3, -0.25) is 9.78 Å². The van der Waals surface area contributed by atoms with Crippen LogP contribution < -0.4 is 5.32 Å². The van der Waals surface area contributed by atoms with Gasteiger partial charge < -0.3 is 5.32 Å². The monoisotopic (exact) mass is 348 g/mol. The summed E-state index contributed by atoms with van der Waals surface area (Å²) in [4.78, 5) is 14.8. The van der Waals surface area contributed by atoms with E-state index in [4.69, 9.17) is 0 Å². The number of rotatable bonds is 5. The standard InChI is InChI=1S/C20H17FN4O/c21-16-4-2-15(3-5-16)20(9-1-10-20)23-19-7-6-18(24-25-19)14-8-11-22-17(12-14)13-26/h2-8,11-13H,1,9-10H2,(H,23,25). The van der Waals surface area contributed by atoms with Gasteiger partial charge in [0.25, 0.3) is 0 Å². The third kappa shape index (κ3) is 3.06. The Morgan fingerprint density at radius 3 is 2.46 bits per heavy atom. The molecule has 0 aliphatic heterocycles. The maximum absolute atomic E-state index is 13.2. The Balaban J connectivity index is 1.56. The van der Waals surface area contributed by atoms with Gasteiger partial charge in [0, 0.05) is 11.8 Å². The molecule has 6 heteroatoms. The fraction of sp³-hybridized carbons (Fsp3) is 0.200. The van der Waals surface area contributed by atoms with Gasteiger partial charge in [-0.05, 0) is 61.2 Å². The van der Waals surface area contributed by atoms with E-state index in [0.717, 1.165) is 30.4 Å². The van der Waals surface area contributed by atoms with Crippen LogP contribution in [0.25, 0.3) is 11.3 Å². The lowest BCUT2D eigenvalue weighted by Crippen LogP contribution is -2.42. The molecule has 0 spiro atoms. The number of benzene rings is 1. The second-order valence-corrected chi connectivity index (χ2v) is 6.46. The van der Waals surface area contributed by atoms with E-state index in [1.807, 2.05) is 24.3 Å². The van der Waals surface area contributed by atoms with Crippen LogP contribution in [-0.2, 0) is 5.54 Å². The smallest absolute Gasteiger partial charge is 0.168 e. The van der Waals surface area contributed by atoms with Crippen LogP contribution in [0.2, 0.25) is 0 Å². The third-order valence-corrected chi connectivity index (χ3v) is 4.83. The van der Waals surface area contributed by atoms with Crippen LogP contribution in [0, 0.1) is 5.82 Å². The van der Waals surface area contributed by atoms with Crippen molar-refractivity contribution in [2.75, 3.05) is 5.32 Å². The van der Waals surface area contributed by atoms with Gasteiger partial charge in [0.2, 0.25) is 0 Å². The van der Waals surface area contributed by atoms with Crippen LogP contribution in [0.1, 0.15) is 35.3 Å². The number of hydrogen-bond acceptors (Lipinski definition) is 5. The highest BCUT2D eigenvalue weighted by Gasteiger charge is 2.39. The summed E-state index contributed by atoms with van der Waals surface area (Å²) in [6.45, 7) is 0. The molecule has 1 aromatic carbocycles. The molecule has 5 nitrogen and oxygen atoms in total. The summed E-state index contributed by atoms with van der Waals surface area (Å²) in [5.74, 6) is 0.432. The Kier molecular flexibility index (Phi) is 4.16. The van der Waals surface area contributed by atoms with Crippen LogP contribution in [0.3, 0.4) is 0 Å². The molecule has 0 unspecified atom stereocenters. The Morgan fingerprint density at radius 1 is 1.04 bits per heavy atom. The number of hydrogen-bond donors (Lipinski definition) is 1. The second kappa shape index (κ2) is 6.63. The number of anilines is 1. The molecule has 0 radical (unpaired) electrons. The van der Waals surface area contributed by atoms with Crippen LogP contribution in [0.5, 0.6) is 0 Å². The molecule has 26 heavy (non-hydrogen) atoms. The molecule has 2 heterocycles. The second-order valence-electron chi connectivity index (χ2n) is 6.46.